The average Bonchev–Trinajstić information content (AvgIpc) is 3.07. The zero-order chi connectivity index (χ0) is 14.8. The quantitative estimate of drug-likeness (QED) is 0.875. The lowest BCUT2D eigenvalue weighted by atomic mass is 9.84. The summed E-state index contributed by atoms with van der Waals surface area (Å²) in [4.78, 5) is 12.4. The number of fused-ring (bicyclic) bond motifs is 2. The highest BCUT2D eigenvalue weighted by molar-refractivity contribution is 5.93. The van der Waals surface area contributed by atoms with Crippen LogP contribution in [0, 0.1) is 17.8 Å². The number of ether oxygens (including phenoxy) is 1. The molecule has 4 heteroatoms. The molecule has 2 fully saturated rings. The fourth-order valence-corrected chi connectivity index (χ4v) is 3.80. The van der Waals surface area contributed by atoms with Crippen LogP contribution in [0.15, 0.2) is 24.3 Å². The van der Waals surface area contributed by atoms with Gasteiger partial charge in [0, 0.05) is 11.7 Å². The SMILES string of the molecule is CCCOc1ccc(NC(=O)C2C3CCC(C3)C2N)cc1. The van der Waals surface area contributed by atoms with Gasteiger partial charge in [0.2, 0.25) is 5.91 Å². The molecule has 3 N–H and O–H groups in total. The van der Waals surface area contributed by atoms with Crippen molar-refractivity contribution in [2.24, 2.45) is 23.5 Å². The Morgan fingerprint density at radius 3 is 2.62 bits per heavy atom. The maximum Gasteiger partial charge on any atom is 0.229 e. The summed E-state index contributed by atoms with van der Waals surface area (Å²) in [6.45, 7) is 2.79. The van der Waals surface area contributed by atoms with Crippen LogP contribution in [-0.4, -0.2) is 18.6 Å². The van der Waals surface area contributed by atoms with E-state index in [9.17, 15) is 4.79 Å². The maximum atomic E-state index is 12.4. The normalized spacial score (nSPS) is 30.4. The van der Waals surface area contributed by atoms with E-state index in [1.165, 1.54) is 6.42 Å². The first-order valence-corrected chi connectivity index (χ1v) is 7.98. The van der Waals surface area contributed by atoms with Crippen molar-refractivity contribution >= 4 is 11.6 Å². The minimum atomic E-state index is -0.0141. The molecule has 2 saturated carbocycles. The molecule has 0 aliphatic heterocycles. The zero-order valence-corrected chi connectivity index (χ0v) is 12.5. The van der Waals surface area contributed by atoms with Crippen LogP contribution in [0.2, 0.25) is 0 Å². The second-order valence-corrected chi connectivity index (χ2v) is 6.30. The predicted molar refractivity (Wildman–Crippen MR) is 83.2 cm³/mol. The fourth-order valence-electron chi connectivity index (χ4n) is 3.80. The van der Waals surface area contributed by atoms with Crippen molar-refractivity contribution in [2.45, 2.75) is 38.6 Å². The summed E-state index contributed by atoms with van der Waals surface area (Å²) in [6.07, 6.45) is 4.46. The molecule has 4 nitrogen and oxygen atoms in total. The molecular weight excluding hydrogens is 264 g/mol. The van der Waals surface area contributed by atoms with Crippen molar-refractivity contribution in [2.75, 3.05) is 11.9 Å². The first-order valence-electron chi connectivity index (χ1n) is 7.98. The highest BCUT2D eigenvalue weighted by Crippen LogP contribution is 2.47. The number of hydrogen-bond acceptors (Lipinski definition) is 3. The maximum absolute atomic E-state index is 12.4. The largest absolute Gasteiger partial charge is 0.494 e. The third kappa shape index (κ3) is 2.91. The standard InChI is InChI=1S/C17H24N2O2/c1-2-9-21-14-7-5-13(6-8-14)19-17(20)15-11-3-4-12(10-11)16(15)18/h5-8,11-12,15-16H,2-4,9-10,18H2,1H3,(H,19,20). The molecule has 0 radical (unpaired) electrons. The van der Waals surface area contributed by atoms with Crippen molar-refractivity contribution in [1.29, 1.82) is 0 Å². The number of nitrogens with two attached hydrogens (primary N) is 1. The van der Waals surface area contributed by atoms with Gasteiger partial charge in [-0.25, -0.2) is 0 Å². The second kappa shape index (κ2) is 6.06. The minimum absolute atomic E-state index is 0.0141. The van der Waals surface area contributed by atoms with E-state index in [-0.39, 0.29) is 17.9 Å². The van der Waals surface area contributed by atoms with E-state index in [0.29, 0.717) is 18.4 Å². The van der Waals surface area contributed by atoms with Crippen LogP contribution in [0.5, 0.6) is 5.75 Å². The Kier molecular flexibility index (Phi) is 4.15. The summed E-state index contributed by atoms with van der Waals surface area (Å²) in [6, 6.07) is 7.61. The molecule has 3 rings (SSSR count). The van der Waals surface area contributed by atoms with Gasteiger partial charge in [-0.2, -0.15) is 0 Å². The Labute approximate surface area is 126 Å². The van der Waals surface area contributed by atoms with Gasteiger partial charge in [0.05, 0.1) is 12.5 Å². The molecule has 1 aromatic rings. The molecule has 2 bridgehead atoms. The molecule has 0 heterocycles. The van der Waals surface area contributed by atoms with Gasteiger partial charge in [0.1, 0.15) is 5.75 Å². The molecule has 114 valence electrons. The van der Waals surface area contributed by atoms with E-state index in [1.807, 2.05) is 24.3 Å². The van der Waals surface area contributed by atoms with Crippen molar-refractivity contribution < 1.29 is 9.53 Å². The summed E-state index contributed by atoms with van der Waals surface area (Å²) >= 11 is 0. The average molecular weight is 288 g/mol. The lowest BCUT2D eigenvalue weighted by molar-refractivity contribution is -0.121. The van der Waals surface area contributed by atoms with Crippen LogP contribution in [0.4, 0.5) is 5.69 Å². The number of benzene rings is 1. The van der Waals surface area contributed by atoms with Crippen LogP contribution in [0.25, 0.3) is 0 Å². The number of carbonyl (C=O) groups is 1. The molecule has 4 atom stereocenters. The first kappa shape index (κ1) is 14.4. The third-order valence-corrected chi connectivity index (χ3v) is 4.88. The van der Waals surface area contributed by atoms with Crippen LogP contribution in [0.1, 0.15) is 32.6 Å². The Balaban J connectivity index is 1.60. The lowest BCUT2D eigenvalue weighted by Crippen LogP contribution is -2.42. The topological polar surface area (TPSA) is 64.3 Å². The number of nitrogens with one attached hydrogen (secondary N) is 1. The first-order chi connectivity index (χ1) is 10.2. The Hall–Kier alpha value is -1.55. The molecular formula is C17H24N2O2. The van der Waals surface area contributed by atoms with E-state index in [1.54, 1.807) is 0 Å². The monoisotopic (exact) mass is 288 g/mol. The number of rotatable bonds is 5. The van der Waals surface area contributed by atoms with Crippen LogP contribution < -0.4 is 15.8 Å². The van der Waals surface area contributed by atoms with E-state index in [0.717, 1.165) is 30.7 Å². The number of hydrogen-bond donors (Lipinski definition) is 2. The lowest BCUT2D eigenvalue weighted by Gasteiger charge is -2.27. The van der Waals surface area contributed by atoms with Crippen molar-refractivity contribution in [3.05, 3.63) is 24.3 Å². The highest BCUT2D eigenvalue weighted by Gasteiger charge is 2.49. The zero-order valence-electron chi connectivity index (χ0n) is 12.5. The molecule has 1 aromatic carbocycles. The van der Waals surface area contributed by atoms with E-state index >= 15 is 0 Å². The Morgan fingerprint density at radius 2 is 2.00 bits per heavy atom. The van der Waals surface area contributed by atoms with Gasteiger partial charge in [0.25, 0.3) is 0 Å². The molecule has 2 aliphatic carbocycles. The van der Waals surface area contributed by atoms with Crippen LogP contribution in [0.3, 0.4) is 0 Å². The Morgan fingerprint density at radius 1 is 1.29 bits per heavy atom. The van der Waals surface area contributed by atoms with Gasteiger partial charge >= 0.3 is 0 Å². The molecule has 4 unspecified atom stereocenters. The molecule has 0 aromatic heterocycles. The molecule has 1 amide bonds. The van der Waals surface area contributed by atoms with E-state index < -0.39 is 0 Å². The predicted octanol–water partition coefficient (Wildman–Crippen LogP) is 2.79. The molecule has 2 aliphatic rings. The molecule has 0 spiro atoms. The van der Waals surface area contributed by atoms with E-state index in [2.05, 4.69) is 12.2 Å². The van der Waals surface area contributed by atoms with Gasteiger partial charge in [-0.1, -0.05) is 6.92 Å². The summed E-state index contributed by atoms with van der Waals surface area (Å²) < 4.78 is 5.54. The minimum Gasteiger partial charge on any atom is -0.494 e. The molecule has 0 saturated heterocycles. The number of carbonyl (C=O) groups excluding carboxylic acids is 1. The second-order valence-electron chi connectivity index (χ2n) is 6.30. The van der Waals surface area contributed by atoms with Crippen molar-refractivity contribution in [1.82, 2.24) is 0 Å². The third-order valence-electron chi connectivity index (χ3n) is 4.88. The summed E-state index contributed by atoms with van der Waals surface area (Å²) in [5.74, 6) is 1.94. The summed E-state index contributed by atoms with van der Waals surface area (Å²) in [7, 11) is 0. The van der Waals surface area contributed by atoms with Crippen molar-refractivity contribution in [3.8, 4) is 5.75 Å². The number of amides is 1. The van der Waals surface area contributed by atoms with Gasteiger partial charge < -0.3 is 15.8 Å². The Bertz CT molecular complexity index is 498. The number of anilines is 1. The van der Waals surface area contributed by atoms with Crippen LogP contribution >= 0.6 is 0 Å². The summed E-state index contributed by atoms with van der Waals surface area (Å²) in [5.41, 5.74) is 7.04. The van der Waals surface area contributed by atoms with Gasteiger partial charge in [-0.05, 0) is 61.8 Å². The molecule has 21 heavy (non-hydrogen) atoms. The fraction of sp³-hybridized carbons (Fsp3) is 0.588. The van der Waals surface area contributed by atoms with E-state index in [4.69, 9.17) is 10.5 Å². The summed E-state index contributed by atoms with van der Waals surface area (Å²) in [5, 5.41) is 3.01. The van der Waals surface area contributed by atoms with Gasteiger partial charge in [0.15, 0.2) is 0 Å². The van der Waals surface area contributed by atoms with Crippen LogP contribution in [-0.2, 0) is 4.79 Å². The van der Waals surface area contributed by atoms with Gasteiger partial charge in [-0.15, -0.1) is 0 Å². The van der Waals surface area contributed by atoms with Gasteiger partial charge in [-0.3, -0.25) is 4.79 Å². The smallest absolute Gasteiger partial charge is 0.229 e. The van der Waals surface area contributed by atoms with Crippen molar-refractivity contribution in [3.63, 3.8) is 0 Å². The highest BCUT2D eigenvalue weighted by atomic mass is 16.5.